The molecular formula is C15H20N2O3. The first-order valence-electron chi connectivity index (χ1n) is 7.02. The number of likely N-dealkylation sites (N-methyl/N-ethyl adjacent to an activating group) is 1. The molecular weight excluding hydrogens is 256 g/mol. The zero-order chi connectivity index (χ0) is 14.5. The highest BCUT2D eigenvalue weighted by Crippen LogP contribution is 2.25. The van der Waals surface area contributed by atoms with Crippen molar-refractivity contribution in [2.75, 3.05) is 20.1 Å². The smallest absolute Gasteiger partial charge is 0.270 e. The first-order valence-corrected chi connectivity index (χ1v) is 7.02. The van der Waals surface area contributed by atoms with Crippen molar-refractivity contribution < 1.29 is 9.72 Å². The second kappa shape index (κ2) is 6.61. The van der Waals surface area contributed by atoms with Crippen LogP contribution in [-0.2, 0) is 0 Å². The third-order valence-corrected chi connectivity index (χ3v) is 3.84. The first-order chi connectivity index (χ1) is 9.56. The zero-order valence-corrected chi connectivity index (χ0v) is 11.7. The highest BCUT2D eigenvalue weighted by Gasteiger charge is 2.19. The van der Waals surface area contributed by atoms with Gasteiger partial charge in [0.2, 0.25) is 0 Å². The van der Waals surface area contributed by atoms with Gasteiger partial charge in [0.05, 0.1) is 11.5 Å². The largest absolute Gasteiger partial charge is 0.299 e. The van der Waals surface area contributed by atoms with Crippen LogP contribution in [0, 0.1) is 16.0 Å². The molecule has 0 amide bonds. The molecule has 0 aliphatic heterocycles. The minimum atomic E-state index is -0.473. The lowest BCUT2D eigenvalue weighted by Gasteiger charge is -2.19. The molecule has 1 aromatic carbocycles. The number of benzene rings is 1. The van der Waals surface area contributed by atoms with Crippen LogP contribution in [0.2, 0.25) is 0 Å². The number of hydrogen-bond acceptors (Lipinski definition) is 4. The molecule has 0 saturated heterocycles. The Hall–Kier alpha value is -1.75. The molecule has 0 radical (unpaired) electrons. The van der Waals surface area contributed by atoms with Gasteiger partial charge in [-0.2, -0.15) is 0 Å². The molecule has 0 spiro atoms. The van der Waals surface area contributed by atoms with Crippen molar-refractivity contribution >= 4 is 11.5 Å². The van der Waals surface area contributed by atoms with Gasteiger partial charge in [0.25, 0.3) is 5.69 Å². The molecule has 1 aliphatic carbocycles. The van der Waals surface area contributed by atoms with Gasteiger partial charge in [-0.1, -0.05) is 25.0 Å². The number of carbonyl (C=O) groups excluding carboxylic acids is 1. The van der Waals surface area contributed by atoms with Gasteiger partial charge in [0.15, 0.2) is 5.78 Å². The summed E-state index contributed by atoms with van der Waals surface area (Å²) in [6, 6.07) is 5.95. The van der Waals surface area contributed by atoms with Crippen LogP contribution in [0.5, 0.6) is 0 Å². The molecule has 1 fully saturated rings. The van der Waals surface area contributed by atoms with Crippen molar-refractivity contribution in [1.82, 2.24) is 4.90 Å². The average molecular weight is 276 g/mol. The van der Waals surface area contributed by atoms with Gasteiger partial charge < -0.3 is 0 Å². The molecule has 5 nitrogen and oxygen atoms in total. The number of non-ortho nitro benzene ring substituents is 1. The van der Waals surface area contributed by atoms with E-state index < -0.39 is 4.92 Å². The topological polar surface area (TPSA) is 63.5 Å². The number of ketones is 1. The Balaban J connectivity index is 1.93. The summed E-state index contributed by atoms with van der Waals surface area (Å²) >= 11 is 0. The molecule has 2 rings (SSSR count). The van der Waals surface area contributed by atoms with E-state index in [1.54, 1.807) is 12.1 Å². The molecule has 1 aliphatic rings. The minimum absolute atomic E-state index is 0.0331. The van der Waals surface area contributed by atoms with Crippen molar-refractivity contribution in [3.8, 4) is 0 Å². The van der Waals surface area contributed by atoms with Gasteiger partial charge in [0, 0.05) is 24.2 Å². The maximum Gasteiger partial charge on any atom is 0.270 e. The summed E-state index contributed by atoms with van der Waals surface area (Å²) in [6.07, 6.45) is 5.07. The molecule has 0 heterocycles. The van der Waals surface area contributed by atoms with Crippen LogP contribution in [0.3, 0.4) is 0 Å². The minimum Gasteiger partial charge on any atom is -0.299 e. The van der Waals surface area contributed by atoms with Gasteiger partial charge in [-0.15, -0.1) is 0 Å². The Kier molecular flexibility index (Phi) is 4.84. The summed E-state index contributed by atoms with van der Waals surface area (Å²) in [4.78, 5) is 24.4. The number of nitro benzene ring substituents is 1. The van der Waals surface area contributed by atoms with E-state index in [1.807, 2.05) is 11.9 Å². The van der Waals surface area contributed by atoms with E-state index in [1.165, 1.54) is 37.8 Å². The highest BCUT2D eigenvalue weighted by molar-refractivity contribution is 5.98. The van der Waals surface area contributed by atoms with Gasteiger partial charge in [0.1, 0.15) is 0 Å². The van der Waals surface area contributed by atoms with Crippen molar-refractivity contribution in [3.05, 3.63) is 39.9 Å². The first kappa shape index (κ1) is 14.7. The van der Waals surface area contributed by atoms with E-state index in [2.05, 4.69) is 0 Å². The normalized spacial score (nSPS) is 15.7. The van der Waals surface area contributed by atoms with Gasteiger partial charge >= 0.3 is 0 Å². The third-order valence-electron chi connectivity index (χ3n) is 3.84. The van der Waals surface area contributed by atoms with E-state index in [0.717, 1.165) is 6.54 Å². The number of rotatable bonds is 6. The molecule has 0 bridgehead atoms. The molecule has 1 saturated carbocycles. The zero-order valence-electron chi connectivity index (χ0n) is 11.7. The molecule has 5 heteroatoms. The van der Waals surface area contributed by atoms with Crippen molar-refractivity contribution in [3.63, 3.8) is 0 Å². The monoisotopic (exact) mass is 276 g/mol. The van der Waals surface area contributed by atoms with Crippen LogP contribution in [0.15, 0.2) is 24.3 Å². The summed E-state index contributed by atoms with van der Waals surface area (Å²) in [7, 11) is 1.94. The molecule has 0 aromatic heterocycles. The summed E-state index contributed by atoms with van der Waals surface area (Å²) < 4.78 is 0. The summed E-state index contributed by atoms with van der Waals surface area (Å²) in [6.45, 7) is 1.25. The predicted octanol–water partition coefficient (Wildman–Crippen LogP) is 2.90. The van der Waals surface area contributed by atoms with E-state index in [-0.39, 0.29) is 11.5 Å². The van der Waals surface area contributed by atoms with E-state index in [4.69, 9.17) is 0 Å². The lowest BCUT2D eigenvalue weighted by Crippen LogP contribution is -2.30. The molecule has 1 aromatic rings. The fraction of sp³-hybridized carbons (Fsp3) is 0.533. The van der Waals surface area contributed by atoms with Crippen LogP contribution in [0.1, 0.15) is 36.0 Å². The third kappa shape index (κ3) is 3.87. The van der Waals surface area contributed by atoms with Crippen LogP contribution in [0.25, 0.3) is 0 Å². The molecule has 20 heavy (non-hydrogen) atoms. The van der Waals surface area contributed by atoms with Gasteiger partial charge in [-0.05, 0) is 25.8 Å². The van der Waals surface area contributed by atoms with E-state index in [0.29, 0.717) is 18.0 Å². The highest BCUT2D eigenvalue weighted by atomic mass is 16.6. The Morgan fingerprint density at radius 1 is 1.40 bits per heavy atom. The van der Waals surface area contributed by atoms with Crippen molar-refractivity contribution in [2.24, 2.45) is 5.92 Å². The number of hydrogen-bond donors (Lipinski definition) is 0. The maximum atomic E-state index is 12.1. The standard InChI is InChI=1S/C15H20N2O3/c1-16(10-12-5-2-3-6-12)11-15(18)13-7-4-8-14(9-13)17(19)20/h4,7-9,12H,2-3,5-6,10-11H2,1H3. The van der Waals surface area contributed by atoms with E-state index >= 15 is 0 Å². The number of Topliss-reactive ketones (excluding diaryl/α,β-unsaturated/α-hetero) is 1. The van der Waals surface area contributed by atoms with E-state index in [9.17, 15) is 14.9 Å². The van der Waals surface area contributed by atoms with Crippen molar-refractivity contribution in [2.45, 2.75) is 25.7 Å². The van der Waals surface area contributed by atoms with Gasteiger partial charge in [-0.25, -0.2) is 0 Å². The van der Waals surface area contributed by atoms with Crippen LogP contribution < -0.4 is 0 Å². The summed E-state index contributed by atoms with van der Waals surface area (Å²) in [5, 5.41) is 10.7. The van der Waals surface area contributed by atoms with Crippen LogP contribution in [-0.4, -0.2) is 35.7 Å². The predicted molar refractivity (Wildman–Crippen MR) is 76.9 cm³/mol. The second-order valence-electron chi connectivity index (χ2n) is 5.58. The molecule has 0 atom stereocenters. The fourth-order valence-electron chi connectivity index (χ4n) is 2.83. The Labute approximate surface area is 118 Å². The lowest BCUT2D eigenvalue weighted by molar-refractivity contribution is -0.384. The maximum absolute atomic E-state index is 12.1. The Morgan fingerprint density at radius 3 is 2.75 bits per heavy atom. The average Bonchev–Trinajstić information content (AvgIpc) is 2.91. The Bertz CT molecular complexity index is 496. The molecule has 0 N–H and O–H groups in total. The number of nitro groups is 1. The second-order valence-corrected chi connectivity index (χ2v) is 5.58. The number of carbonyl (C=O) groups is 1. The lowest BCUT2D eigenvalue weighted by atomic mass is 10.1. The molecule has 108 valence electrons. The van der Waals surface area contributed by atoms with Crippen molar-refractivity contribution in [1.29, 1.82) is 0 Å². The van der Waals surface area contributed by atoms with Crippen LogP contribution >= 0.6 is 0 Å². The fourth-order valence-corrected chi connectivity index (χ4v) is 2.83. The Morgan fingerprint density at radius 2 is 2.10 bits per heavy atom. The SMILES string of the molecule is CN(CC(=O)c1cccc([N+](=O)[O-])c1)CC1CCCC1. The quantitative estimate of drug-likeness (QED) is 0.455. The summed E-state index contributed by atoms with van der Waals surface area (Å²) in [5.74, 6) is 0.632. The molecule has 0 unspecified atom stereocenters. The summed E-state index contributed by atoms with van der Waals surface area (Å²) in [5.41, 5.74) is 0.381. The number of nitrogens with zero attached hydrogens (tertiary/aromatic N) is 2. The van der Waals surface area contributed by atoms with Crippen LogP contribution in [0.4, 0.5) is 5.69 Å². The van der Waals surface area contributed by atoms with Gasteiger partial charge in [-0.3, -0.25) is 19.8 Å².